The molecule has 1 heterocycles. The molecule has 0 unspecified atom stereocenters. The van der Waals surface area contributed by atoms with Gasteiger partial charge >= 0.3 is 0 Å². The summed E-state index contributed by atoms with van der Waals surface area (Å²) in [4.78, 5) is 14.0. The van der Waals surface area contributed by atoms with Gasteiger partial charge in [0.2, 0.25) is 5.91 Å². The van der Waals surface area contributed by atoms with E-state index in [0.717, 1.165) is 31.8 Å². The van der Waals surface area contributed by atoms with Crippen LogP contribution in [0.3, 0.4) is 0 Å². The zero-order valence-corrected chi connectivity index (χ0v) is 8.96. The van der Waals surface area contributed by atoms with Crippen molar-refractivity contribution in [2.24, 2.45) is 17.3 Å². The largest absolute Gasteiger partial charge is 0.342 e. The van der Waals surface area contributed by atoms with Crippen molar-refractivity contribution in [1.29, 1.82) is 0 Å². The Bertz CT molecular complexity index is 263. The summed E-state index contributed by atoms with van der Waals surface area (Å²) in [6.07, 6.45) is 6.30. The van der Waals surface area contributed by atoms with Crippen molar-refractivity contribution >= 4 is 5.91 Å². The predicted octanol–water partition coefficient (Wildman–Crippen LogP) is 2.04. The number of carbonyl (C=O) groups is 1. The fourth-order valence-corrected chi connectivity index (χ4v) is 3.46. The van der Waals surface area contributed by atoms with E-state index in [9.17, 15) is 4.79 Å². The van der Waals surface area contributed by atoms with Crippen LogP contribution in [0.2, 0.25) is 0 Å². The van der Waals surface area contributed by atoms with Gasteiger partial charge in [-0.2, -0.15) is 0 Å². The highest BCUT2D eigenvalue weighted by Crippen LogP contribution is 2.52. The van der Waals surface area contributed by atoms with Gasteiger partial charge in [0.1, 0.15) is 0 Å². The lowest BCUT2D eigenvalue weighted by Gasteiger charge is -2.43. The number of hydrogen-bond acceptors (Lipinski definition) is 1. The van der Waals surface area contributed by atoms with Crippen molar-refractivity contribution < 1.29 is 4.79 Å². The van der Waals surface area contributed by atoms with Crippen LogP contribution in [0.4, 0.5) is 0 Å². The minimum absolute atomic E-state index is 0.419. The molecule has 3 aliphatic rings. The lowest BCUT2D eigenvalue weighted by atomic mass is 9.62. The molecule has 0 aromatic rings. The number of hydrogen-bond donors (Lipinski definition) is 0. The SMILES string of the molecule is CC1CC2(CCN(C(=O)C3CC3)C2)C1. The Labute approximate surface area is 85.7 Å². The van der Waals surface area contributed by atoms with Crippen LogP contribution in [0, 0.1) is 17.3 Å². The maximum absolute atomic E-state index is 11.8. The fraction of sp³-hybridized carbons (Fsp3) is 0.917. The van der Waals surface area contributed by atoms with E-state index >= 15 is 0 Å². The molecule has 0 aromatic carbocycles. The fourth-order valence-electron chi connectivity index (χ4n) is 3.46. The standard InChI is InChI=1S/C12H19NO/c1-9-6-12(7-9)4-5-13(8-12)11(14)10-2-3-10/h9-10H,2-8H2,1H3. The Kier molecular flexibility index (Phi) is 1.71. The van der Waals surface area contributed by atoms with Crippen LogP contribution in [0.25, 0.3) is 0 Å². The van der Waals surface area contributed by atoms with Gasteiger partial charge in [-0.05, 0) is 43.4 Å². The summed E-state index contributed by atoms with van der Waals surface area (Å²) < 4.78 is 0. The molecular weight excluding hydrogens is 174 g/mol. The zero-order chi connectivity index (χ0) is 9.76. The van der Waals surface area contributed by atoms with Crippen molar-refractivity contribution in [2.45, 2.75) is 39.0 Å². The summed E-state index contributed by atoms with van der Waals surface area (Å²) in [5.41, 5.74) is 0.559. The molecule has 78 valence electrons. The van der Waals surface area contributed by atoms with Gasteiger partial charge in [-0.15, -0.1) is 0 Å². The predicted molar refractivity (Wildman–Crippen MR) is 54.8 cm³/mol. The molecule has 0 radical (unpaired) electrons. The molecule has 2 aliphatic carbocycles. The van der Waals surface area contributed by atoms with Crippen molar-refractivity contribution in [3.8, 4) is 0 Å². The Morgan fingerprint density at radius 2 is 2.07 bits per heavy atom. The molecule has 1 aliphatic heterocycles. The van der Waals surface area contributed by atoms with Gasteiger partial charge in [-0.1, -0.05) is 6.92 Å². The van der Waals surface area contributed by atoms with Crippen LogP contribution in [-0.2, 0) is 4.79 Å². The van der Waals surface area contributed by atoms with Gasteiger partial charge in [0.15, 0.2) is 0 Å². The second-order valence-electron chi connectivity index (χ2n) is 5.80. The maximum Gasteiger partial charge on any atom is 0.225 e. The number of amides is 1. The number of carbonyl (C=O) groups excluding carboxylic acids is 1. The van der Waals surface area contributed by atoms with Crippen LogP contribution >= 0.6 is 0 Å². The summed E-state index contributed by atoms with van der Waals surface area (Å²) in [5.74, 6) is 1.79. The molecule has 2 nitrogen and oxygen atoms in total. The summed E-state index contributed by atoms with van der Waals surface area (Å²) in [6.45, 7) is 4.45. The van der Waals surface area contributed by atoms with Crippen LogP contribution < -0.4 is 0 Å². The molecular formula is C12H19NO. The topological polar surface area (TPSA) is 20.3 Å². The van der Waals surface area contributed by atoms with Gasteiger partial charge in [-0.3, -0.25) is 4.79 Å². The lowest BCUT2D eigenvalue weighted by molar-refractivity contribution is -0.132. The Morgan fingerprint density at radius 3 is 2.64 bits per heavy atom. The third-order valence-electron chi connectivity index (χ3n) is 4.24. The van der Waals surface area contributed by atoms with E-state index in [0.29, 0.717) is 17.2 Å². The van der Waals surface area contributed by atoms with Crippen molar-refractivity contribution in [3.05, 3.63) is 0 Å². The average Bonchev–Trinajstić information content (AvgIpc) is 2.85. The van der Waals surface area contributed by atoms with E-state index < -0.39 is 0 Å². The summed E-state index contributed by atoms with van der Waals surface area (Å²) in [6, 6.07) is 0. The minimum atomic E-state index is 0.419. The monoisotopic (exact) mass is 193 g/mol. The molecule has 0 bridgehead atoms. The summed E-state index contributed by atoms with van der Waals surface area (Å²) in [5, 5.41) is 0. The molecule has 1 amide bonds. The number of rotatable bonds is 1. The van der Waals surface area contributed by atoms with Crippen LogP contribution in [0.5, 0.6) is 0 Å². The molecule has 2 heteroatoms. The average molecular weight is 193 g/mol. The third kappa shape index (κ3) is 1.27. The highest BCUT2D eigenvalue weighted by molar-refractivity contribution is 5.81. The van der Waals surface area contributed by atoms with E-state index in [-0.39, 0.29) is 0 Å². The van der Waals surface area contributed by atoms with Crippen molar-refractivity contribution in [1.82, 2.24) is 4.90 Å². The van der Waals surface area contributed by atoms with Crippen LogP contribution in [-0.4, -0.2) is 23.9 Å². The van der Waals surface area contributed by atoms with Crippen molar-refractivity contribution in [3.63, 3.8) is 0 Å². The Balaban J connectivity index is 1.61. The zero-order valence-electron chi connectivity index (χ0n) is 8.96. The van der Waals surface area contributed by atoms with Gasteiger partial charge in [0, 0.05) is 19.0 Å². The lowest BCUT2D eigenvalue weighted by Crippen LogP contribution is -2.40. The first kappa shape index (κ1) is 8.75. The summed E-state index contributed by atoms with van der Waals surface area (Å²) >= 11 is 0. The smallest absolute Gasteiger partial charge is 0.225 e. The van der Waals surface area contributed by atoms with Crippen LogP contribution in [0.15, 0.2) is 0 Å². The minimum Gasteiger partial charge on any atom is -0.342 e. The highest BCUT2D eigenvalue weighted by atomic mass is 16.2. The first-order valence-electron chi connectivity index (χ1n) is 5.97. The second kappa shape index (κ2) is 2.74. The normalized spacial score (nSPS) is 41.5. The first-order chi connectivity index (χ1) is 6.69. The molecule has 14 heavy (non-hydrogen) atoms. The molecule has 3 fully saturated rings. The molecule has 0 N–H and O–H groups in total. The van der Waals surface area contributed by atoms with Gasteiger partial charge < -0.3 is 4.90 Å². The molecule has 2 saturated carbocycles. The van der Waals surface area contributed by atoms with E-state index in [4.69, 9.17) is 0 Å². The van der Waals surface area contributed by atoms with E-state index in [1.807, 2.05) is 0 Å². The van der Waals surface area contributed by atoms with Crippen molar-refractivity contribution in [2.75, 3.05) is 13.1 Å². The first-order valence-corrected chi connectivity index (χ1v) is 5.97. The molecule has 3 rings (SSSR count). The number of nitrogens with zero attached hydrogens (tertiary/aromatic N) is 1. The Hall–Kier alpha value is -0.530. The molecule has 0 atom stereocenters. The van der Waals surface area contributed by atoms with Gasteiger partial charge in [-0.25, -0.2) is 0 Å². The van der Waals surface area contributed by atoms with Gasteiger partial charge in [0.25, 0.3) is 0 Å². The van der Waals surface area contributed by atoms with Crippen LogP contribution in [0.1, 0.15) is 39.0 Å². The third-order valence-corrected chi connectivity index (χ3v) is 4.24. The number of likely N-dealkylation sites (tertiary alicyclic amines) is 1. The van der Waals surface area contributed by atoms with E-state index in [1.54, 1.807) is 0 Å². The molecule has 1 saturated heterocycles. The van der Waals surface area contributed by atoms with E-state index in [2.05, 4.69) is 11.8 Å². The maximum atomic E-state index is 11.8. The summed E-state index contributed by atoms with van der Waals surface area (Å²) in [7, 11) is 0. The second-order valence-corrected chi connectivity index (χ2v) is 5.80. The Morgan fingerprint density at radius 1 is 1.36 bits per heavy atom. The van der Waals surface area contributed by atoms with Gasteiger partial charge in [0.05, 0.1) is 0 Å². The highest BCUT2D eigenvalue weighted by Gasteiger charge is 2.49. The van der Waals surface area contributed by atoms with E-state index in [1.165, 1.54) is 19.3 Å². The molecule has 1 spiro atoms. The quantitative estimate of drug-likeness (QED) is 0.624. The molecule has 0 aromatic heterocycles.